The first-order valence-corrected chi connectivity index (χ1v) is 6.35. The van der Waals surface area contributed by atoms with Gasteiger partial charge in [-0.15, -0.1) is 0 Å². The molecule has 0 saturated carbocycles. The summed E-state index contributed by atoms with van der Waals surface area (Å²) in [7, 11) is 0. The first-order chi connectivity index (χ1) is 10.0. The summed E-state index contributed by atoms with van der Waals surface area (Å²) in [6, 6.07) is 13.7. The van der Waals surface area contributed by atoms with Crippen LogP contribution in [0.1, 0.15) is 18.1 Å². The molecule has 0 bridgehead atoms. The van der Waals surface area contributed by atoms with E-state index in [1.807, 2.05) is 36.4 Å². The SMILES string of the molecule is CC(=O)Nc1cccc(C=Cc2ccc([N+](=O)[O-])cc2)c1. The van der Waals surface area contributed by atoms with E-state index in [0.29, 0.717) is 0 Å². The van der Waals surface area contributed by atoms with Gasteiger partial charge in [0.25, 0.3) is 5.69 Å². The molecule has 0 saturated heterocycles. The molecule has 1 amide bonds. The summed E-state index contributed by atoms with van der Waals surface area (Å²) in [5, 5.41) is 13.3. The molecule has 2 aromatic rings. The van der Waals surface area contributed by atoms with Crippen molar-refractivity contribution in [3.63, 3.8) is 0 Å². The number of nitro groups is 1. The number of nitrogens with one attached hydrogen (secondary N) is 1. The molecule has 0 aliphatic carbocycles. The van der Waals surface area contributed by atoms with Gasteiger partial charge in [-0.2, -0.15) is 0 Å². The maximum absolute atomic E-state index is 11.0. The third-order valence-electron chi connectivity index (χ3n) is 2.78. The Morgan fingerprint density at radius 3 is 2.38 bits per heavy atom. The van der Waals surface area contributed by atoms with E-state index in [-0.39, 0.29) is 11.6 Å². The number of hydrogen-bond donors (Lipinski definition) is 1. The Labute approximate surface area is 122 Å². The van der Waals surface area contributed by atoms with Crippen molar-refractivity contribution in [1.29, 1.82) is 0 Å². The molecule has 5 heteroatoms. The van der Waals surface area contributed by atoms with Crippen LogP contribution in [0.15, 0.2) is 48.5 Å². The number of anilines is 1. The highest BCUT2D eigenvalue weighted by Crippen LogP contribution is 2.16. The number of carbonyl (C=O) groups excluding carboxylic acids is 1. The summed E-state index contributed by atoms with van der Waals surface area (Å²) in [4.78, 5) is 21.2. The summed E-state index contributed by atoms with van der Waals surface area (Å²) in [5.74, 6) is -0.119. The zero-order chi connectivity index (χ0) is 15.2. The van der Waals surface area contributed by atoms with Gasteiger partial charge >= 0.3 is 0 Å². The summed E-state index contributed by atoms with van der Waals surface area (Å²) in [6.45, 7) is 1.46. The van der Waals surface area contributed by atoms with Crippen LogP contribution in [-0.2, 0) is 4.79 Å². The number of amides is 1. The number of hydrogen-bond acceptors (Lipinski definition) is 3. The highest BCUT2D eigenvalue weighted by Gasteiger charge is 2.02. The van der Waals surface area contributed by atoms with Gasteiger partial charge in [-0.05, 0) is 35.4 Å². The van der Waals surface area contributed by atoms with Gasteiger partial charge in [-0.3, -0.25) is 14.9 Å². The van der Waals surface area contributed by atoms with Crippen molar-refractivity contribution in [3.8, 4) is 0 Å². The van der Waals surface area contributed by atoms with Gasteiger partial charge in [-0.1, -0.05) is 24.3 Å². The number of nitro benzene ring substituents is 1. The van der Waals surface area contributed by atoms with E-state index < -0.39 is 4.92 Å². The topological polar surface area (TPSA) is 72.2 Å². The first kappa shape index (κ1) is 14.5. The summed E-state index contributed by atoms with van der Waals surface area (Å²) < 4.78 is 0. The molecule has 0 radical (unpaired) electrons. The molecule has 2 rings (SSSR count). The van der Waals surface area contributed by atoms with Crippen LogP contribution in [-0.4, -0.2) is 10.8 Å². The summed E-state index contributed by atoms with van der Waals surface area (Å²) in [6.07, 6.45) is 3.74. The number of nitrogens with zero attached hydrogens (tertiary/aromatic N) is 1. The number of rotatable bonds is 4. The summed E-state index contributed by atoms with van der Waals surface area (Å²) in [5.41, 5.74) is 2.60. The average Bonchev–Trinajstić information content (AvgIpc) is 2.45. The summed E-state index contributed by atoms with van der Waals surface area (Å²) >= 11 is 0. The van der Waals surface area contributed by atoms with Gasteiger partial charge in [0.15, 0.2) is 0 Å². The number of non-ortho nitro benzene ring substituents is 1. The largest absolute Gasteiger partial charge is 0.326 e. The van der Waals surface area contributed by atoms with Crippen LogP contribution in [0.3, 0.4) is 0 Å². The molecule has 0 aliphatic rings. The van der Waals surface area contributed by atoms with Crippen LogP contribution in [0, 0.1) is 10.1 Å². The lowest BCUT2D eigenvalue weighted by Gasteiger charge is -2.02. The van der Waals surface area contributed by atoms with Crippen LogP contribution in [0.2, 0.25) is 0 Å². The van der Waals surface area contributed by atoms with Crippen molar-refractivity contribution in [2.45, 2.75) is 6.92 Å². The first-order valence-electron chi connectivity index (χ1n) is 6.35. The van der Waals surface area contributed by atoms with Crippen LogP contribution < -0.4 is 5.32 Å². The second kappa shape index (κ2) is 6.47. The maximum Gasteiger partial charge on any atom is 0.269 e. The molecule has 0 fully saturated rings. The lowest BCUT2D eigenvalue weighted by molar-refractivity contribution is -0.384. The van der Waals surface area contributed by atoms with E-state index >= 15 is 0 Å². The van der Waals surface area contributed by atoms with Gasteiger partial charge in [0.2, 0.25) is 5.91 Å². The Hall–Kier alpha value is -2.95. The van der Waals surface area contributed by atoms with Crippen molar-refractivity contribution >= 4 is 29.4 Å². The fourth-order valence-electron chi connectivity index (χ4n) is 1.82. The van der Waals surface area contributed by atoms with Crippen LogP contribution >= 0.6 is 0 Å². The monoisotopic (exact) mass is 282 g/mol. The standard InChI is InChI=1S/C16H14N2O3/c1-12(19)17-15-4-2-3-14(11-15)6-5-13-7-9-16(10-8-13)18(20)21/h2-11H,1H3,(H,17,19). The molecule has 21 heavy (non-hydrogen) atoms. The molecule has 0 aromatic heterocycles. The quantitative estimate of drug-likeness (QED) is 0.527. The number of carbonyl (C=O) groups is 1. The Balaban J connectivity index is 2.13. The zero-order valence-corrected chi connectivity index (χ0v) is 11.4. The van der Waals surface area contributed by atoms with Crippen molar-refractivity contribution in [1.82, 2.24) is 0 Å². The molecular formula is C16H14N2O3. The highest BCUT2D eigenvalue weighted by molar-refractivity contribution is 5.89. The molecule has 2 aromatic carbocycles. The fourth-order valence-corrected chi connectivity index (χ4v) is 1.82. The third-order valence-corrected chi connectivity index (χ3v) is 2.78. The van der Waals surface area contributed by atoms with E-state index in [9.17, 15) is 14.9 Å². The third kappa shape index (κ3) is 4.28. The van der Waals surface area contributed by atoms with E-state index in [4.69, 9.17) is 0 Å². The molecule has 0 spiro atoms. The second-order valence-corrected chi connectivity index (χ2v) is 4.49. The van der Waals surface area contributed by atoms with Crippen LogP contribution in [0.5, 0.6) is 0 Å². The van der Waals surface area contributed by atoms with Gasteiger partial charge in [0, 0.05) is 24.7 Å². The Morgan fingerprint density at radius 2 is 1.76 bits per heavy atom. The molecule has 0 atom stereocenters. The minimum Gasteiger partial charge on any atom is -0.326 e. The lowest BCUT2D eigenvalue weighted by Crippen LogP contribution is -2.05. The predicted molar refractivity (Wildman–Crippen MR) is 82.8 cm³/mol. The van der Waals surface area contributed by atoms with Crippen molar-refractivity contribution in [3.05, 3.63) is 69.8 Å². The molecule has 0 unspecified atom stereocenters. The minimum atomic E-state index is -0.426. The van der Waals surface area contributed by atoms with Crippen LogP contribution in [0.4, 0.5) is 11.4 Å². The average molecular weight is 282 g/mol. The zero-order valence-electron chi connectivity index (χ0n) is 11.4. The molecule has 1 N–H and O–H groups in total. The molecule has 0 aliphatic heterocycles. The fraction of sp³-hybridized carbons (Fsp3) is 0.0625. The van der Waals surface area contributed by atoms with E-state index in [2.05, 4.69) is 5.32 Å². The van der Waals surface area contributed by atoms with E-state index in [0.717, 1.165) is 16.8 Å². The van der Waals surface area contributed by atoms with Crippen molar-refractivity contribution < 1.29 is 9.72 Å². The Kier molecular flexibility index (Phi) is 4.46. The normalized spacial score (nSPS) is 10.5. The van der Waals surface area contributed by atoms with Crippen LogP contribution in [0.25, 0.3) is 12.2 Å². The van der Waals surface area contributed by atoms with E-state index in [1.165, 1.54) is 19.1 Å². The van der Waals surface area contributed by atoms with E-state index in [1.54, 1.807) is 12.1 Å². The highest BCUT2D eigenvalue weighted by atomic mass is 16.6. The van der Waals surface area contributed by atoms with Gasteiger partial charge in [-0.25, -0.2) is 0 Å². The Bertz CT molecular complexity index is 691. The Morgan fingerprint density at radius 1 is 1.10 bits per heavy atom. The maximum atomic E-state index is 11.0. The predicted octanol–water partition coefficient (Wildman–Crippen LogP) is 3.72. The van der Waals surface area contributed by atoms with Gasteiger partial charge in [0.1, 0.15) is 0 Å². The van der Waals surface area contributed by atoms with Crippen molar-refractivity contribution in [2.75, 3.05) is 5.32 Å². The van der Waals surface area contributed by atoms with Gasteiger partial charge < -0.3 is 5.32 Å². The van der Waals surface area contributed by atoms with Crippen molar-refractivity contribution in [2.24, 2.45) is 0 Å². The lowest BCUT2D eigenvalue weighted by atomic mass is 10.1. The molecular weight excluding hydrogens is 268 g/mol. The smallest absolute Gasteiger partial charge is 0.269 e. The minimum absolute atomic E-state index is 0.0693. The second-order valence-electron chi connectivity index (χ2n) is 4.49. The molecule has 5 nitrogen and oxygen atoms in total. The number of benzene rings is 2. The molecule has 0 heterocycles. The van der Waals surface area contributed by atoms with Gasteiger partial charge in [0.05, 0.1) is 4.92 Å². The molecule has 106 valence electrons.